The maximum absolute atomic E-state index is 12.8. The van der Waals surface area contributed by atoms with E-state index in [-0.39, 0.29) is 0 Å². The molecule has 2 nitrogen and oxygen atoms in total. The van der Waals surface area contributed by atoms with E-state index in [1.54, 1.807) is 0 Å². The molecule has 0 atom stereocenters. The molecule has 0 aromatic heterocycles. The van der Waals surface area contributed by atoms with Crippen molar-refractivity contribution in [2.45, 2.75) is 35.9 Å². The van der Waals surface area contributed by atoms with Gasteiger partial charge in [-0.25, -0.2) is 0 Å². The second kappa shape index (κ2) is 4.21. The summed E-state index contributed by atoms with van der Waals surface area (Å²) in [5, 5.41) is 0. The Labute approximate surface area is 123 Å². The first kappa shape index (κ1) is 22.3. The molecule has 0 N–H and O–H groups in total. The Morgan fingerprint density at radius 3 is 0.720 bits per heavy atom. The SMILES string of the molecule is FC(F)(F)C1(C(F)(F)F)O[P-](F)(F)(F)(F)OC1(C(F)(F)F)C(F)(F)F. The normalized spacial score (nSPS) is 30.7. The van der Waals surface area contributed by atoms with Gasteiger partial charge in [0, 0.05) is 0 Å². The number of rotatable bonds is 0. The molecular formula is C6F16O2P-. The van der Waals surface area contributed by atoms with E-state index < -0.39 is 43.5 Å². The van der Waals surface area contributed by atoms with Gasteiger partial charge >= 0.3 is 122 Å². The predicted molar refractivity (Wildman–Crippen MR) is 43.2 cm³/mol. The van der Waals surface area contributed by atoms with E-state index in [9.17, 15) is 69.5 Å². The van der Waals surface area contributed by atoms with Crippen molar-refractivity contribution in [1.82, 2.24) is 0 Å². The Morgan fingerprint density at radius 1 is 0.440 bits per heavy atom. The summed E-state index contributed by atoms with van der Waals surface area (Å²) >= 11 is 0. The molecule has 0 bridgehead atoms. The molecule has 1 heterocycles. The number of alkyl halides is 12. The summed E-state index contributed by atoms with van der Waals surface area (Å²) in [6.45, 7) is 0. The molecule has 19 heteroatoms. The molecule has 0 spiro atoms. The van der Waals surface area contributed by atoms with Crippen LogP contribution in [0, 0.1) is 0 Å². The van der Waals surface area contributed by atoms with E-state index >= 15 is 0 Å². The van der Waals surface area contributed by atoms with Crippen LogP contribution in [-0.4, -0.2) is 35.9 Å². The van der Waals surface area contributed by atoms with Crippen LogP contribution in [0.4, 0.5) is 69.5 Å². The van der Waals surface area contributed by atoms with Crippen LogP contribution in [0.3, 0.4) is 0 Å². The molecule has 0 aromatic rings. The Hall–Kier alpha value is -0.770. The number of halogens is 16. The van der Waals surface area contributed by atoms with Crippen LogP contribution in [0.1, 0.15) is 0 Å². The van der Waals surface area contributed by atoms with Crippen LogP contribution in [0.15, 0.2) is 0 Å². The molecule has 0 aliphatic carbocycles. The minimum absolute atomic E-state index is 1.07. The zero-order valence-corrected chi connectivity index (χ0v) is 11.2. The van der Waals surface area contributed by atoms with E-state index in [0.29, 0.717) is 0 Å². The molecule has 0 aromatic carbocycles. The van der Waals surface area contributed by atoms with Crippen LogP contribution >= 0.6 is 7.64 Å². The molecule has 1 rings (SSSR count). The molecular weight excluding hydrogens is 439 g/mol. The van der Waals surface area contributed by atoms with Crippen LogP contribution in [0.25, 0.3) is 0 Å². The molecule has 154 valence electrons. The third kappa shape index (κ3) is 2.89. The van der Waals surface area contributed by atoms with Gasteiger partial charge in [0.05, 0.1) is 0 Å². The van der Waals surface area contributed by atoms with Gasteiger partial charge in [0.25, 0.3) is 0 Å². The molecule has 1 fully saturated rings. The quantitative estimate of drug-likeness (QED) is 0.330. The number of hydrogen-bond acceptors (Lipinski definition) is 2. The zero-order valence-electron chi connectivity index (χ0n) is 10.3. The van der Waals surface area contributed by atoms with E-state index in [2.05, 4.69) is 0 Å². The molecule has 0 unspecified atom stereocenters. The van der Waals surface area contributed by atoms with E-state index in [4.69, 9.17) is 0 Å². The molecule has 1 saturated heterocycles. The molecule has 0 saturated carbocycles. The summed E-state index contributed by atoms with van der Waals surface area (Å²) in [6.07, 6.45) is -32.5. The molecule has 0 amide bonds. The Kier molecular flexibility index (Phi) is 3.75. The van der Waals surface area contributed by atoms with E-state index in [0.717, 1.165) is 9.05 Å². The van der Waals surface area contributed by atoms with Crippen molar-refractivity contribution in [3.8, 4) is 0 Å². The summed E-state index contributed by atoms with van der Waals surface area (Å²) in [4.78, 5) is 0. The molecule has 1 aliphatic rings. The first-order valence-corrected chi connectivity index (χ1v) is 7.05. The van der Waals surface area contributed by atoms with Crippen LogP contribution in [0.2, 0.25) is 0 Å². The average Bonchev–Trinajstić information content (AvgIpc) is 2.37. The van der Waals surface area contributed by atoms with Gasteiger partial charge in [-0.1, -0.05) is 0 Å². The Bertz CT molecular complexity index is 494. The van der Waals surface area contributed by atoms with E-state index in [1.807, 2.05) is 0 Å². The van der Waals surface area contributed by atoms with Gasteiger partial charge in [-0.2, -0.15) is 0 Å². The fourth-order valence-corrected chi connectivity index (χ4v) is 3.76. The second-order valence-corrected chi connectivity index (χ2v) is 6.93. The number of hydrogen-bond donors (Lipinski definition) is 0. The minimum atomic E-state index is -12.3. The molecule has 25 heavy (non-hydrogen) atoms. The fourth-order valence-electron chi connectivity index (χ4n) is 2.00. The third-order valence-corrected chi connectivity index (χ3v) is 3.97. The van der Waals surface area contributed by atoms with Gasteiger partial charge in [0.2, 0.25) is 0 Å². The first-order chi connectivity index (χ1) is 10.2. The summed E-state index contributed by atoms with van der Waals surface area (Å²) in [5.41, 5.74) is -16.4. The Balaban J connectivity index is 4.28. The standard InChI is InChI=1S/C6F16O2P/c7-3(8,9)1(4(10,11)12)2(5(13,14)15,6(16,17)18)24-25(19,20,21,22)23-1/q-1. The monoisotopic (exact) mass is 439 g/mol. The average molecular weight is 439 g/mol. The van der Waals surface area contributed by atoms with Gasteiger partial charge in [0.15, 0.2) is 0 Å². The molecule has 1 aliphatic heterocycles. The fraction of sp³-hybridized carbons (Fsp3) is 1.00. The summed E-state index contributed by atoms with van der Waals surface area (Å²) < 4.78 is 204. The van der Waals surface area contributed by atoms with Gasteiger partial charge in [-0.15, -0.1) is 0 Å². The first-order valence-electron chi connectivity index (χ1n) is 4.97. The Morgan fingerprint density at radius 2 is 0.600 bits per heavy atom. The van der Waals surface area contributed by atoms with E-state index in [1.165, 1.54) is 0 Å². The zero-order chi connectivity index (χ0) is 20.8. The van der Waals surface area contributed by atoms with Crippen molar-refractivity contribution >= 4 is 7.64 Å². The maximum atomic E-state index is 12.8. The van der Waals surface area contributed by atoms with Crippen molar-refractivity contribution in [1.29, 1.82) is 0 Å². The van der Waals surface area contributed by atoms with Gasteiger partial charge in [-0.3, -0.25) is 0 Å². The summed E-state index contributed by atoms with van der Waals surface area (Å²) in [5.74, 6) is 0. The van der Waals surface area contributed by atoms with Crippen LogP contribution < -0.4 is 0 Å². The van der Waals surface area contributed by atoms with Crippen LogP contribution in [0.5, 0.6) is 0 Å². The van der Waals surface area contributed by atoms with Gasteiger partial charge in [-0.05, 0) is 0 Å². The molecule has 0 radical (unpaired) electrons. The van der Waals surface area contributed by atoms with Crippen molar-refractivity contribution in [2.24, 2.45) is 0 Å². The summed E-state index contributed by atoms with van der Waals surface area (Å²) in [6, 6.07) is 0. The van der Waals surface area contributed by atoms with Gasteiger partial charge < -0.3 is 0 Å². The van der Waals surface area contributed by atoms with Crippen molar-refractivity contribution in [2.75, 3.05) is 0 Å². The van der Waals surface area contributed by atoms with Crippen LogP contribution in [-0.2, 0) is 9.05 Å². The van der Waals surface area contributed by atoms with Crippen molar-refractivity contribution in [3.63, 3.8) is 0 Å². The van der Waals surface area contributed by atoms with Crippen molar-refractivity contribution in [3.05, 3.63) is 0 Å². The third-order valence-electron chi connectivity index (χ3n) is 2.72. The van der Waals surface area contributed by atoms with Crippen molar-refractivity contribution < 1.29 is 78.5 Å². The predicted octanol–water partition coefficient (Wildman–Crippen LogP) is 6.22. The van der Waals surface area contributed by atoms with Gasteiger partial charge in [0.1, 0.15) is 0 Å². The second-order valence-electron chi connectivity index (χ2n) is 4.55. The topological polar surface area (TPSA) is 18.5 Å². The summed E-state index contributed by atoms with van der Waals surface area (Å²) in [7, 11) is -12.3.